The molecule has 0 radical (unpaired) electrons. The van der Waals surface area contributed by atoms with Crippen molar-refractivity contribution in [2.24, 2.45) is 0 Å². The van der Waals surface area contributed by atoms with Gasteiger partial charge in [-0.1, -0.05) is 44.2 Å². The van der Waals surface area contributed by atoms with E-state index in [1.54, 1.807) is 6.20 Å². The summed E-state index contributed by atoms with van der Waals surface area (Å²) < 4.78 is 5.65. The molecular weight excluding hydrogens is 224 g/mol. The van der Waals surface area contributed by atoms with Gasteiger partial charge in [-0.3, -0.25) is 0 Å². The van der Waals surface area contributed by atoms with Gasteiger partial charge in [-0.05, 0) is 18.9 Å². The first-order valence-electron chi connectivity index (χ1n) is 6.37. The average molecular weight is 244 g/mol. The molecule has 0 spiro atoms. The Morgan fingerprint density at radius 1 is 1.22 bits per heavy atom. The van der Waals surface area contributed by atoms with Crippen LogP contribution in [0.15, 0.2) is 40.9 Å². The van der Waals surface area contributed by atoms with Crippen LogP contribution >= 0.6 is 0 Å². The number of aryl methyl sites for hydroxylation is 1. The summed E-state index contributed by atoms with van der Waals surface area (Å²) in [5.74, 6) is 1.62. The van der Waals surface area contributed by atoms with Crippen LogP contribution in [0.3, 0.4) is 0 Å². The fourth-order valence-electron chi connectivity index (χ4n) is 2.00. The van der Waals surface area contributed by atoms with Crippen LogP contribution in [0.4, 0.5) is 0 Å². The molecule has 1 aromatic carbocycles. The van der Waals surface area contributed by atoms with E-state index in [1.807, 2.05) is 13.0 Å². The largest absolute Gasteiger partial charge is 0.444 e. The van der Waals surface area contributed by atoms with E-state index in [9.17, 15) is 0 Å². The highest BCUT2D eigenvalue weighted by Crippen LogP contribution is 2.19. The predicted molar refractivity (Wildman–Crippen MR) is 72.4 cm³/mol. The van der Waals surface area contributed by atoms with Crippen LogP contribution in [0.5, 0.6) is 0 Å². The highest BCUT2D eigenvalue weighted by atomic mass is 16.4. The van der Waals surface area contributed by atoms with Crippen molar-refractivity contribution in [2.75, 3.05) is 0 Å². The van der Waals surface area contributed by atoms with Gasteiger partial charge in [-0.2, -0.15) is 0 Å². The van der Waals surface area contributed by atoms with E-state index in [2.05, 4.69) is 48.4 Å². The molecule has 1 heterocycles. The minimum atomic E-state index is 0.126. The highest BCUT2D eigenvalue weighted by molar-refractivity contribution is 5.17. The average Bonchev–Trinajstić information content (AvgIpc) is 2.76. The third-order valence-corrected chi connectivity index (χ3v) is 2.75. The molecule has 3 nitrogen and oxygen atoms in total. The molecule has 0 saturated carbocycles. The molecule has 0 aliphatic carbocycles. The van der Waals surface area contributed by atoms with Crippen molar-refractivity contribution in [1.29, 1.82) is 0 Å². The van der Waals surface area contributed by atoms with Crippen LogP contribution in [0.1, 0.15) is 37.1 Å². The summed E-state index contributed by atoms with van der Waals surface area (Å²) in [5.41, 5.74) is 1.28. The van der Waals surface area contributed by atoms with Crippen LogP contribution in [-0.4, -0.2) is 11.0 Å². The lowest BCUT2D eigenvalue weighted by Crippen LogP contribution is -2.29. The number of benzene rings is 1. The van der Waals surface area contributed by atoms with Gasteiger partial charge in [0.1, 0.15) is 5.76 Å². The molecule has 3 heteroatoms. The van der Waals surface area contributed by atoms with Crippen molar-refractivity contribution in [3.63, 3.8) is 0 Å². The minimum Gasteiger partial charge on any atom is -0.444 e. The molecule has 0 bridgehead atoms. The molecule has 0 saturated heterocycles. The number of hydrogen-bond acceptors (Lipinski definition) is 3. The van der Waals surface area contributed by atoms with E-state index in [4.69, 9.17) is 4.42 Å². The van der Waals surface area contributed by atoms with Crippen molar-refractivity contribution in [3.8, 4) is 0 Å². The Kier molecular flexibility index (Phi) is 4.15. The zero-order chi connectivity index (χ0) is 13.0. The third kappa shape index (κ3) is 3.44. The van der Waals surface area contributed by atoms with E-state index in [0.717, 1.165) is 18.1 Å². The minimum absolute atomic E-state index is 0.126. The number of oxazole rings is 1. The lowest BCUT2D eigenvalue weighted by atomic mass is 10.1. The van der Waals surface area contributed by atoms with Crippen molar-refractivity contribution in [2.45, 2.75) is 39.3 Å². The SMILES string of the molecule is Cc1cnc([C@H](Cc2ccccc2)NC(C)C)o1. The maximum atomic E-state index is 5.65. The zero-order valence-corrected chi connectivity index (χ0v) is 11.2. The van der Waals surface area contributed by atoms with E-state index in [-0.39, 0.29) is 6.04 Å². The van der Waals surface area contributed by atoms with Gasteiger partial charge < -0.3 is 9.73 Å². The summed E-state index contributed by atoms with van der Waals surface area (Å²) in [6, 6.07) is 10.9. The monoisotopic (exact) mass is 244 g/mol. The molecule has 1 aromatic heterocycles. The Morgan fingerprint density at radius 3 is 2.50 bits per heavy atom. The Hall–Kier alpha value is -1.61. The quantitative estimate of drug-likeness (QED) is 0.877. The molecule has 96 valence electrons. The number of nitrogens with one attached hydrogen (secondary N) is 1. The summed E-state index contributed by atoms with van der Waals surface area (Å²) in [6.07, 6.45) is 2.66. The van der Waals surface area contributed by atoms with Gasteiger partial charge in [0.25, 0.3) is 0 Å². The van der Waals surface area contributed by atoms with Crippen LogP contribution in [0.2, 0.25) is 0 Å². The first kappa shape index (κ1) is 12.8. The molecule has 0 unspecified atom stereocenters. The number of hydrogen-bond donors (Lipinski definition) is 1. The Morgan fingerprint density at radius 2 is 1.94 bits per heavy atom. The molecule has 0 aliphatic rings. The number of nitrogens with zero attached hydrogens (tertiary/aromatic N) is 1. The van der Waals surface area contributed by atoms with Crippen molar-refractivity contribution >= 4 is 0 Å². The van der Waals surface area contributed by atoms with Gasteiger partial charge in [-0.15, -0.1) is 0 Å². The summed E-state index contributed by atoms with van der Waals surface area (Å²) in [5, 5.41) is 3.50. The lowest BCUT2D eigenvalue weighted by molar-refractivity contribution is 0.366. The molecule has 18 heavy (non-hydrogen) atoms. The van der Waals surface area contributed by atoms with Gasteiger partial charge >= 0.3 is 0 Å². The van der Waals surface area contributed by atoms with Crippen LogP contribution in [-0.2, 0) is 6.42 Å². The van der Waals surface area contributed by atoms with Gasteiger partial charge in [0.05, 0.1) is 12.2 Å². The smallest absolute Gasteiger partial charge is 0.211 e. The topological polar surface area (TPSA) is 38.1 Å². The predicted octanol–water partition coefficient (Wildman–Crippen LogP) is 3.26. The summed E-state index contributed by atoms with van der Waals surface area (Å²) in [6.45, 7) is 6.19. The Balaban J connectivity index is 2.15. The van der Waals surface area contributed by atoms with E-state index in [1.165, 1.54) is 5.56 Å². The number of aromatic nitrogens is 1. The summed E-state index contributed by atoms with van der Waals surface area (Å²) >= 11 is 0. The van der Waals surface area contributed by atoms with Crippen LogP contribution in [0.25, 0.3) is 0 Å². The fourth-order valence-corrected chi connectivity index (χ4v) is 2.00. The van der Waals surface area contributed by atoms with Crippen LogP contribution < -0.4 is 5.32 Å². The van der Waals surface area contributed by atoms with Crippen molar-refractivity contribution in [3.05, 3.63) is 53.7 Å². The molecule has 2 aromatic rings. The maximum absolute atomic E-state index is 5.65. The van der Waals surface area contributed by atoms with Crippen LogP contribution in [0, 0.1) is 6.92 Å². The van der Waals surface area contributed by atoms with Crippen molar-refractivity contribution < 1.29 is 4.42 Å². The highest BCUT2D eigenvalue weighted by Gasteiger charge is 2.18. The van der Waals surface area contributed by atoms with Gasteiger partial charge in [0.2, 0.25) is 5.89 Å². The first-order valence-corrected chi connectivity index (χ1v) is 6.37. The third-order valence-electron chi connectivity index (χ3n) is 2.75. The fraction of sp³-hybridized carbons (Fsp3) is 0.400. The van der Waals surface area contributed by atoms with E-state index in [0.29, 0.717) is 6.04 Å². The number of rotatable bonds is 5. The molecule has 0 amide bonds. The molecular formula is C15H20N2O. The first-order chi connectivity index (χ1) is 8.65. The molecule has 1 N–H and O–H groups in total. The Labute approximate surface area is 108 Å². The molecule has 0 fully saturated rings. The maximum Gasteiger partial charge on any atom is 0.211 e. The molecule has 2 rings (SSSR count). The van der Waals surface area contributed by atoms with Gasteiger partial charge in [-0.25, -0.2) is 4.98 Å². The summed E-state index contributed by atoms with van der Waals surface area (Å²) in [7, 11) is 0. The molecule has 1 atom stereocenters. The van der Waals surface area contributed by atoms with E-state index < -0.39 is 0 Å². The van der Waals surface area contributed by atoms with Gasteiger partial charge in [0, 0.05) is 6.04 Å². The lowest BCUT2D eigenvalue weighted by Gasteiger charge is -2.18. The normalized spacial score (nSPS) is 12.9. The second kappa shape index (κ2) is 5.83. The standard InChI is InChI=1S/C15H20N2O/c1-11(2)17-14(15-16-10-12(3)18-15)9-13-7-5-4-6-8-13/h4-8,10-11,14,17H,9H2,1-3H3/t14-/m0/s1. The van der Waals surface area contributed by atoms with E-state index >= 15 is 0 Å². The second-order valence-corrected chi connectivity index (χ2v) is 4.87. The Bertz CT molecular complexity index is 476. The second-order valence-electron chi connectivity index (χ2n) is 4.87. The van der Waals surface area contributed by atoms with Crippen molar-refractivity contribution in [1.82, 2.24) is 10.3 Å². The summed E-state index contributed by atoms with van der Waals surface area (Å²) in [4.78, 5) is 4.34. The zero-order valence-electron chi connectivity index (χ0n) is 11.2. The molecule has 0 aliphatic heterocycles. The van der Waals surface area contributed by atoms with Gasteiger partial charge in [0.15, 0.2) is 0 Å².